The number of rotatable bonds is 6. The van der Waals surface area contributed by atoms with Gasteiger partial charge in [-0.2, -0.15) is 0 Å². The van der Waals surface area contributed by atoms with Crippen molar-refractivity contribution >= 4 is 33.3 Å². The van der Waals surface area contributed by atoms with E-state index in [1.54, 1.807) is 34.1 Å². The summed E-state index contributed by atoms with van der Waals surface area (Å²) in [4.78, 5) is 21.0. The predicted molar refractivity (Wildman–Crippen MR) is 134 cm³/mol. The van der Waals surface area contributed by atoms with E-state index in [4.69, 9.17) is 9.72 Å². The Kier molecular flexibility index (Phi) is 6.25. The van der Waals surface area contributed by atoms with Crippen molar-refractivity contribution in [3.05, 3.63) is 80.2 Å². The minimum absolute atomic E-state index is 0.00521. The highest BCUT2D eigenvalue weighted by Gasteiger charge is 2.23. The number of aryl methyl sites for hydroxylation is 4. The molecule has 2 aromatic carbocycles. The van der Waals surface area contributed by atoms with Crippen LogP contribution < -0.4 is 10.3 Å². The highest BCUT2D eigenvalue weighted by molar-refractivity contribution is 7.99. The highest BCUT2D eigenvalue weighted by Crippen LogP contribution is 2.35. The molecule has 1 aliphatic carbocycles. The summed E-state index contributed by atoms with van der Waals surface area (Å²) in [6, 6.07) is 12.5. The van der Waals surface area contributed by atoms with Crippen LogP contribution in [0.15, 0.2) is 52.4 Å². The third-order valence-corrected chi connectivity index (χ3v) is 8.06. The standard InChI is InChI=1S/C26H25FN2O2S2/c1-16-11-12-17(2)20(15-16)29-25(30)23-18-7-3-6-10-22(18)33-24(23)28-26(29)32-14-13-31-21-9-5-4-8-19(21)27/h4-5,8-9,11-12,15H,3,6-7,10,13-14H2,1-2H3. The van der Waals surface area contributed by atoms with E-state index >= 15 is 0 Å². The summed E-state index contributed by atoms with van der Waals surface area (Å²) in [6.07, 6.45) is 4.26. The van der Waals surface area contributed by atoms with E-state index in [9.17, 15) is 9.18 Å². The molecule has 0 aliphatic heterocycles. The minimum atomic E-state index is -0.376. The van der Waals surface area contributed by atoms with Crippen molar-refractivity contribution in [3.8, 4) is 11.4 Å². The second-order valence-electron chi connectivity index (χ2n) is 8.34. The van der Waals surface area contributed by atoms with Gasteiger partial charge in [0.15, 0.2) is 16.7 Å². The van der Waals surface area contributed by atoms with Gasteiger partial charge in [-0.3, -0.25) is 9.36 Å². The Morgan fingerprint density at radius 1 is 1.15 bits per heavy atom. The lowest BCUT2D eigenvalue weighted by atomic mass is 9.97. The number of hydrogen-bond acceptors (Lipinski definition) is 5. The summed E-state index contributed by atoms with van der Waals surface area (Å²) in [5.74, 6) is 0.403. The van der Waals surface area contributed by atoms with E-state index in [0.29, 0.717) is 17.5 Å². The Morgan fingerprint density at radius 2 is 1.97 bits per heavy atom. The molecular weight excluding hydrogens is 455 g/mol. The molecular formula is C26H25FN2O2S2. The molecule has 4 aromatic rings. The fraction of sp³-hybridized carbons (Fsp3) is 0.308. The molecule has 7 heteroatoms. The summed E-state index contributed by atoms with van der Waals surface area (Å²) in [5, 5.41) is 1.43. The number of ether oxygens (including phenoxy) is 1. The third kappa shape index (κ3) is 4.32. The van der Waals surface area contributed by atoms with Crippen LogP contribution in [0.3, 0.4) is 0 Å². The van der Waals surface area contributed by atoms with Crippen molar-refractivity contribution < 1.29 is 9.13 Å². The van der Waals surface area contributed by atoms with Crippen molar-refractivity contribution in [1.82, 2.24) is 9.55 Å². The number of para-hydroxylation sites is 1. The zero-order valence-electron chi connectivity index (χ0n) is 18.7. The lowest BCUT2D eigenvalue weighted by molar-refractivity contribution is 0.325. The first-order valence-corrected chi connectivity index (χ1v) is 13.0. The first-order valence-electron chi connectivity index (χ1n) is 11.2. The number of hydrogen-bond donors (Lipinski definition) is 0. The normalized spacial score (nSPS) is 13.3. The van der Waals surface area contributed by atoms with Crippen LogP contribution in [0.2, 0.25) is 0 Å². The van der Waals surface area contributed by atoms with Crippen molar-refractivity contribution in [3.63, 3.8) is 0 Å². The molecule has 33 heavy (non-hydrogen) atoms. The maximum absolute atomic E-state index is 13.9. The van der Waals surface area contributed by atoms with Gasteiger partial charge in [0.25, 0.3) is 5.56 Å². The smallest absolute Gasteiger partial charge is 0.267 e. The van der Waals surface area contributed by atoms with Crippen LogP contribution in [-0.4, -0.2) is 21.9 Å². The molecule has 1 aliphatic rings. The van der Waals surface area contributed by atoms with Gasteiger partial charge in [-0.15, -0.1) is 11.3 Å². The van der Waals surface area contributed by atoms with E-state index in [2.05, 4.69) is 6.07 Å². The van der Waals surface area contributed by atoms with Gasteiger partial charge in [-0.05, 0) is 74.4 Å². The Bertz CT molecular complexity index is 1390. The molecule has 0 saturated carbocycles. The minimum Gasteiger partial charge on any atom is -0.490 e. The first-order chi connectivity index (χ1) is 16.0. The lowest BCUT2D eigenvalue weighted by Gasteiger charge is -2.16. The molecule has 0 fully saturated rings. The molecule has 5 rings (SSSR count). The number of aromatic nitrogens is 2. The van der Waals surface area contributed by atoms with Gasteiger partial charge in [0.05, 0.1) is 17.7 Å². The molecule has 170 valence electrons. The van der Waals surface area contributed by atoms with Crippen LogP contribution in [0, 0.1) is 19.7 Å². The number of thioether (sulfide) groups is 1. The third-order valence-electron chi connectivity index (χ3n) is 5.97. The topological polar surface area (TPSA) is 44.1 Å². The SMILES string of the molecule is Cc1ccc(C)c(-n2c(SCCOc3ccccc3F)nc3sc4c(c3c2=O)CCCC4)c1. The van der Waals surface area contributed by atoms with Crippen LogP contribution in [0.5, 0.6) is 5.75 Å². The average Bonchev–Trinajstić information content (AvgIpc) is 3.18. The van der Waals surface area contributed by atoms with Crippen LogP contribution in [0.1, 0.15) is 34.4 Å². The fourth-order valence-corrected chi connectivity index (χ4v) is 6.43. The Hall–Kier alpha value is -2.64. The maximum Gasteiger partial charge on any atom is 0.267 e. The average molecular weight is 481 g/mol. The van der Waals surface area contributed by atoms with Gasteiger partial charge in [-0.1, -0.05) is 36.0 Å². The molecule has 2 heterocycles. The summed E-state index contributed by atoms with van der Waals surface area (Å²) in [5.41, 5.74) is 4.18. The maximum atomic E-state index is 13.9. The second-order valence-corrected chi connectivity index (χ2v) is 10.5. The van der Waals surface area contributed by atoms with Gasteiger partial charge in [0, 0.05) is 10.6 Å². The molecule has 0 N–H and O–H groups in total. The quantitative estimate of drug-likeness (QED) is 0.186. The number of fused-ring (bicyclic) bond motifs is 3. The number of benzene rings is 2. The number of nitrogens with zero attached hydrogens (tertiary/aromatic N) is 2. The fourth-order valence-electron chi connectivity index (χ4n) is 4.30. The molecule has 0 saturated heterocycles. The molecule has 0 amide bonds. The molecule has 0 bridgehead atoms. The second kappa shape index (κ2) is 9.31. The molecule has 0 atom stereocenters. The summed E-state index contributed by atoms with van der Waals surface area (Å²) >= 11 is 3.13. The van der Waals surface area contributed by atoms with Gasteiger partial charge < -0.3 is 4.74 Å². The lowest BCUT2D eigenvalue weighted by Crippen LogP contribution is -2.23. The van der Waals surface area contributed by atoms with Crippen molar-refractivity contribution in [1.29, 1.82) is 0 Å². The molecule has 2 aromatic heterocycles. The summed E-state index contributed by atoms with van der Waals surface area (Å²) in [6.45, 7) is 4.36. The zero-order chi connectivity index (χ0) is 22.9. The largest absolute Gasteiger partial charge is 0.490 e. The van der Waals surface area contributed by atoms with Crippen molar-refractivity contribution in [2.75, 3.05) is 12.4 Å². The first kappa shape index (κ1) is 22.2. The van der Waals surface area contributed by atoms with Gasteiger partial charge in [0.1, 0.15) is 4.83 Å². The zero-order valence-corrected chi connectivity index (χ0v) is 20.3. The van der Waals surface area contributed by atoms with Gasteiger partial charge in [0.2, 0.25) is 0 Å². The summed E-state index contributed by atoms with van der Waals surface area (Å²) < 4.78 is 21.2. The highest BCUT2D eigenvalue weighted by atomic mass is 32.2. The van der Waals surface area contributed by atoms with Crippen molar-refractivity contribution in [2.45, 2.75) is 44.7 Å². The van der Waals surface area contributed by atoms with Crippen LogP contribution in [-0.2, 0) is 12.8 Å². The van der Waals surface area contributed by atoms with E-state index in [0.717, 1.165) is 46.3 Å². The van der Waals surface area contributed by atoms with E-state index in [1.807, 2.05) is 26.0 Å². The molecule has 0 spiro atoms. The molecule has 0 radical (unpaired) electrons. The van der Waals surface area contributed by atoms with Crippen LogP contribution in [0.25, 0.3) is 15.9 Å². The van der Waals surface area contributed by atoms with Gasteiger partial charge in [-0.25, -0.2) is 9.37 Å². The number of halogens is 1. The van der Waals surface area contributed by atoms with Gasteiger partial charge >= 0.3 is 0 Å². The Balaban J connectivity index is 1.54. The van der Waals surface area contributed by atoms with Crippen LogP contribution >= 0.6 is 23.1 Å². The van der Waals surface area contributed by atoms with Crippen LogP contribution in [0.4, 0.5) is 4.39 Å². The molecule has 0 unspecified atom stereocenters. The predicted octanol–water partition coefficient (Wildman–Crippen LogP) is 6.25. The number of thiophene rings is 1. The Labute approximate surface area is 200 Å². The summed E-state index contributed by atoms with van der Waals surface area (Å²) in [7, 11) is 0. The van der Waals surface area contributed by atoms with E-state index in [1.165, 1.54) is 34.7 Å². The van der Waals surface area contributed by atoms with E-state index < -0.39 is 0 Å². The Morgan fingerprint density at radius 3 is 2.82 bits per heavy atom. The monoisotopic (exact) mass is 480 g/mol. The molecule has 4 nitrogen and oxygen atoms in total. The van der Waals surface area contributed by atoms with E-state index in [-0.39, 0.29) is 17.1 Å². The van der Waals surface area contributed by atoms with Crippen molar-refractivity contribution in [2.24, 2.45) is 0 Å².